The van der Waals surface area contributed by atoms with Crippen molar-refractivity contribution in [2.24, 2.45) is 0 Å². The molecule has 0 bridgehead atoms. The molecule has 4 rings (SSSR count). The number of piperidine rings is 1. The van der Waals surface area contributed by atoms with Crippen LogP contribution in [0, 0.1) is 0 Å². The Morgan fingerprint density at radius 2 is 1.87 bits per heavy atom. The third-order valence-electron chi connectivity index (χ3n) is 5.66. The van der Waals surface area contributed by atoms with Gasteiger partial charge in [0.15, 0.2) is 0 Å². The quantitative estimate of drug-likeness (QED) is 0.558. The molecular weight excluding hydrogens is 396 g/mol. The Morgan fingerprint density at radius 3 is 2.65 bits per heavy atom. The van der Waals surface area contributed by atoms with Crippen LogP contribution in [-0.4, -0.2) is 49.1 Å². The number of methoxy groups -OCH3 is 1. The largest absolute Gasteiger partial charge is 0.466 e. The lowest BCUT2D eigenvalue weighted by Gasteiger charge is -2.40. The molecule has 0 saturated carbocycles. The maximum Gasteiger partial charge on any atom is 0.414 e. The molecule has 0 spiro atoms. The van der Waals surface area contributed by atoms with Crippen molar-refractivity contribution < 1.29 is 23.9 Å². The van der Waals surface area contributed by atoms with E-state index in [9.17, 15) is 14.4 Å². The summed E-state index contributed by atoms with van der Waals surface area (Å²) in [4.78, 5) is 40.3. The number of benzene rings is 2. The number of nitrogens with zero attached hydrogens (tertiary/aromatic N) is 2. The summed E-state index contributed by atoms with van der Waals surface area (Å²) in [5, 5.41) is 0. The number of likely N-dealkylation sites (tertiary alicyclic amines) is 1. The van der Waals surface area contributed by atoms with Crippen molar-refractivity contribution in [1.82, 2.24) is 4.90 Å². The normalized spacial score (nSPS) is 16.7. The van der Waals surface area contributed by atoms with Crippen LogP contribution in [0.5, 0.6) is 0 Å². The molecule has 0 unspecified atom stereocenters. The Kier molecular flexibility index (Phi) is 6.02. The molecule has 1 saturated heterocycles. The highest BCUT2D eigenvalue weighted by molar-refractivity contribution is 5.95. The monoisotopic (exact) mass is 420 g/mol. The van der Waals surface area contributed by atoms with Gasteiger partial charge in [0.05, 0.1) is 12.8 Å². The summed E-state index contributed by atoms with van der Waals surface area (Å²) in [6, 6.07) is 14.9. The van der Waals surface area contributed by atoms with E-state index >= 15 is 0 Å². The third-order valence-corrected chi connectivity index (χ3v) is 5.66. The van der Waals surface area contributed by atoms with E-state index in [2.05, 4.69) is 4.74 Å². The average Bonchev–Trinajstić information content (AvgIpc) is 2.82. The van der Waals surface area contributed by atoms with Crippen LogP contribution in [0.4, 0.5) is 10.5 Å². The van der Waals surface area contributed by atoms with E-state index in [0.29, 0.717) is 38.1 Å². The molecule has 2 amide bonds. The molecule has 1 fully saturated rings. The highest BCUT2D eigenvalue weighted by atomic mass is 16.6. The van der Waals surface area contributed by atoms with Crippen molar-refractivity contribution in [3.05, 3.63) is 71.3 Å². The van der Waals surface area contributed by atoms with Gasteiger partial charge in [-0.05, 0) is 42.7 Å². The molecule has 0 radical (unpaired) electrons. The summed E-state index contributed by atoms with van der Waals surface area (Å²) in [6.07, 6.45) is 3.97. The van der Waals surface area contributed by atoms with Gasteiger partial charge in [0.1, 0.15) is 6.61 Å². The van der Waals surface area contributed by atoms with Crippen molar-refractivity contribution in [3.8, 4) is 0 Å². The van der Waals surface area contributed by atoms with Crippen LogP contribution in [0.15, 0.2) is 54.6 Å². The number of hydrogen-bond acceptors (Lipinski definition) is 5. The predicted octanol–water partition coefficient (Wildman–Crippen LogP) is 3.63. The smallest absolute Gasteiger partial charge is 0.414 e. The molecule has 7 heteroatoms. The number of amides is 2. The van der Waals surface area contributed by atoms with Gasteiger partial charge in [-0.25, -0.2) is 9.59 Å². The second-order valence-corrected chi connectivity index (χ2v) is 7.56. The number of rotatable bonds is 4. The van der Waals surface area contributed by atoms with Crippen molar-refractivity contribution >= 4 is 29.7 Å². The van der Waals surface area contributed by atoms with E-state index in [1.165, 1.54) is 13.2 Å². The molecule has 0 aromatic heterocycles. The van der Waals surface area contributed by atoms with E-state index in [0.717, 1.165) is 16.8 Å². The molecule has 31 heavy (non-hydrogen) atoms. The first-order valence-electron chi connectivity index (χ1n) is 10.3. The topological polar surface area (TPSA) is 76.2 Å². The number of carbonyl (C=O) groups is 3. The average molecular weight is 420 g/mol. The van der Waals surface area contributed by atoms with Crippen LogP contribution in [0.3, 0.4) is 0 Å². The molecule has 2 aromatic rings. The molecule has 0 aliphatic carbocycles. The fourth-order valence-corrected chi connectivity index (χ4v) is 4.04. The van der Waals surface area contributed by atoms with Gasteiger partial charge >= 0.3 is 12.1 Å². The standard InChI is InChI=1S/C24H24N2O5/c1-30-22(27)10-9-17-5-4-7-18(15-17)23(28)25-13-11-20(12-14-25)26-21-8-3-2-6-19(21)16-31-24(26)29/h2-10,15,20H,11-14,16H2,1H3/b10-9+. The first-order valence-corrected chi connectivity index (χ1v) is 10.3. The van der Waals surface area contributed by atoms with Crippen LogP contribution in [-0.2, 0) is 20.9 Å². The first kappa shape index (κ1) is 20.7. The number of esters is 1. The summed E-state index contributed by atoms with van der Waals surface area (Å²) in [7, 11) is 1.32. The van der Waals surface area contributed by atoms with Crippen molar-refractivity contribution in [2.75, 3.05) is 25.1 Å². The van der Waals surface area contributed by atoms with Gasteiger partial charge in [0, 0.05) is 36.3 Å². The Morgan fingerprint density at radius 1 is 1.10 bits per heavy atom. The second kappa shape index (κ2) is 9.04. The Balaban J connectivity index is 1.43. The molecule has 0 N–H and O–H groups in total. The van der Waals surface area contributed by atoms with Crippen molar-refractivity contribution in [3.63, 3.8) is 0 Å². The Labute approximate surface area is 180 Å². The molecule has 0 atom stereocenters. The Hall–Kier alpha value is -3.61. The number of carbonyl (C=O) groups excluding carboxylic acids is 3. The van der Waals surface area contributed by atoms with Crippen LogP contribution in [0.25, 0.3) is 6.08 Å². The first-order chi connectivity index (χ1) is 15.1. The minimum atomic E-state index is -0.448. The zero-order valence-electron chi connectivity index (χ0n) is 17.3. The number of anilines is 1. The molecular formula is C24H24N2O5. The Bertz CT molecular complexity index is 1020. The zero-order valence-corrected chi connectivity index (χ0v) is 17.3. The van der Waals surface area contributed by atoms with Crippen molar-refractivity contribution in [2.45, 2.75) is 25.5 Å². The minimum absolute atomic E-state index is 0.00711. The number of para-hydroxylation sites is 1. The van der Waals surface area contributed by atoms with Crippen LogP contribution >= 0.6 is 0 Å². The van der Waals surface area contributed by atoms with Gasteiger partial charge in [-0.1, -0.05) is 30.3 Å². The minimum Gasteiger partial charge on any atom is -0.466 e. The SMILES string of the molecule is COC(=O)/C=C/c1cccc(C(=O)N2CCC(N3C(=O)OCc4ccccc43)CC2)c1. The van der Waals surface area contributed by atoms with Crippen LogP contribution in [0.1, 0.15) is 34.3 Å². The fraction of sp³-hybridized carbons (Fsp3) is 0.292. The lowest BCUT2D eigenvalue weighted by atomic mass is 10.00. The fourth-order valence-electron chi connectivity index (χ4n) is 4.04. The van der Waals surface area contributed by atoms with E-state index in [-0.39, 0.29) is 18.0 Å². The predicted molar refractivity (Wildman–Crippen MR) is 116 cm³/mol. The van der Waals surface area contributed by atoms with Gasteiger partial charge in [0.25, 0.3) is 5.91 Å². The van der Waals surface area contributed by atoms with Gasteiger partial charge < -0.3 is 14.4 Å². The third kappa shape index (κ3) is 4.45. The maximum atomic E-state index is 13.0. The number of cyclic esters (lactones) is 1. The van der Waals surface area contributed by atoms with Crippen LogP contribution in [0.2, 0.25) is 0 Å². The summed E-state index contributed by atoms with van der Waals surface area (Å²) in [5.74, 6) is -0.509. The highest BCUT2D eigenvalue weighted by Gasteiger charge is 2.35. The van der Waals surface area contributed by atoms with E-state index < -0.39 is 5.97 Å². The highest BCUT2D eigenvalue weighted by Crippen LogP contribution is 2.32. The van der Waals surface area contributed by atoms with Crippen LogP contribution < -0.4 is 4.90 Å². The van der Waals surface area contributed by atoms with Crippen molar-refractivity contribution in [1.29, 1.82) is 0 Å². The number of ether oxygens (including phenoxy) is 2. The summed E-state index contributed by atoms with van der Waals surface area (Å²) in [6.45, 7) is 1.40. The zero-order chi connectivity index (χ0) is 21.8. The molecule has 2 aliphatic rings. The van der Waals surface area contributed by atoms with E-state index in [4.69, 9.17) is 4.74 Å². The van der Waals surface area contributed by atoms with E-state index in [1.807, 2.05) is 30.3 Å². The maximum absolute atomic E-state index is 13.0. The molecule has 160 valence electrons. The van der Waals surface area contributed by atoms with Gasteiger partial charge in [-0.15, -0.1) is 0 Å². The number of hydrogen-bond donors (Lipinski definition) is 0. The van der Waals surface area contributed by atoms with E-state index in [1.54, 1.807) is 34.1 Å². The molecule has 2 heterocycles. The van der Waals surface area contributed by atoms with Gasteiger partial charge in [0.2, 0.25) is 0 Å². The number of fused-ring (bicyclic) bond motifs is 1. The summed E-state index contributed by atoms with van der Waals surface area (Å²) < 4.78 is 9.94. The molecule has 2 aromatic carbocycles. The van der Waals surface area contributed by atoms with Gasteiger partial charge in [-0.3, -0.25) is 9.69 Å². The lowest BCUT2D eigenvalue weighted by Crippen LogP contribution is -2.50. The second-order valence-electron chi connectivity index (χ2n) is 7.56. The summed E-state index contributed by atoms with van der Waals surface area (Å²) >= 11 is 0. The summed E-state index contributed by atoms with van der Waals surface area (Å²) in [5.41, 5.74) is 3.21. The molecule has 2 aliphatic heterocycles. The van der Waals surface area contributed by atoms with Gasteiger partial charge in [-0.2, -0.15) is 0 Å². The lowest BCUT2D eigenvalue weighted by molar-refractivity contribution is -0.134. The molecule has 7 nitrogen and oxygen atoms in total.